The van der Waals surface area contributed by atoms with Crippen LogP contribution in [0, 0.1) is 0 Å². The zero-order valence-electron chi connectivity index (χ0n) is 16.4. The Bertz CT molecular complexity index is 1110. The van der Waals surface area contributed by atoms with Gasteiger partial charge in [0, 0.05) is 41.0 Å². The molecule has 29 heavy (non-hydrogen) atoms. The van der Waals surface area contributed by atoms with Crippen LogP contribution in [-0.4, -0.2) is 42.0 Å². The van der Waals surface area contributed by atoms with Crippen molar-refractivity contribution in [1.82, 2.24) is 15.2 Å². The summed E-state index contributed by atoms with van der Waals surface area (Å²) < 4.78 is 5.50. The molecule has 6 nitrogen and oxygen atoms in total. The van der Waals surface area contributed by atoms with Crippen LogP contribution in [-0.2, 0) is 6.54 Å². The number of piperidine rings is 1. The lowest BCUT2D eigenvalue weighted by molar-refractivity contribution is 0.0674. The molecule has 6 heteroatoms. The second kappa shape index (κ2) is 7.04. The van der Waals surface area contributed by atoms with Gasteiger partial charge in [-0.05, 0) is 49.2 Å². The van der Waals surface area contributed by atoms with E-state index in [4.69, 9.17) is 10.5 Å². The topological polar surface area (TPSA) is 80.5 Å². The third-order valence-corrected chi connectivity index (χ3v) is 6.00. The van der Waals surface area contributed by atoms with Gasteiger partial charge >= 0.3 is 0 Å². The smallest absolute Gasteiger partial charge is 0.254 e. The second-order valence-corrected chi connectivity index (χ2v) is 7.76. The number of pyridine rings is 1. The molecule has 1 aromatic heterocycles. The summed E-state index contributed by atoms with van der Waals surface area (Å²) in [6.45, 7) is 2.55. The quantitative estimate of drug-likeness (QED) is 0.720. The molecular weight excluding hydrogens is 364 g/mol. The Morgan fingerprint density at radius 3 is 2.90 bits per heavy atom. The average molecular weight is 388 g/mol. The first-order chi connectivity index (χ1) is 14.2. The number of aromatic nitrogens is 1. The van der Waals surface area contributed by atoms with Gasteiger partial charge in [0.1, 0.15) is 11.6 Å². The molecule has 0 spiro atoms. The molecule has 2 aromatic carbocycles. The Labute approximate surface area is 169 Å². The molecule has 2 aliphatic heterocycles. The van der Waals surface area contributed by atoms with E-state index in [1.54, 1.807) is 7.11 Å². The molecule has 148 valence electrons. The molecule has 0 radical (unpaired) electrons. The Morgan fingerprint density at radius 1 is 1.21 bits per heavy atom. The fraction of sp³-hybridized carbons (Fsp3) is 0.304. The van der Waals surface area contributed by atoms with E-state index in [0.29, 0.717) is 12.4 Å². The highest BCUT2D eigenvalue weighted by Gasteiger charge is 2.33. The van der Waals surface area contributed by atoms with Crippen LogP contribution in [0.25, 0.3) is 22.0 Å². The van der Waals surface area contributed by atoms with Crippen molar-refractivity contribution in [1.29, 1.82) is 0 Å². The number of carbonyl (C=O) groups is 1. The Balaban J connectivity index is 1.56. The first-order valence-electron chi connectivity index (χ1n) is 10.0. The number of anilines is 1. The van der Waals surface area contributed by atoms with E-state index >= 15 is 0 Å². The molecule has 1 unspecified atom stereocenters. The Kier molecular flexibility index (Phi) is 4.36. The van der Waals surface area contributed by atoms with Crippen LogP contribution in [0.2, 0.25) is 0 Å². The zero-order valence-corrected chi connectivity index (χ0v) is 16.4. The Morgan fingerprint density at radius 2 is 2.10 bits per heavy atom. The van der Waals surface area contributed by atoms with Gasteiger partial charge in [-0.2, -0.15) is 0 Å². The van der Waals surface area contributed by atoms with E-state index in [-0.39, 0.29) is 11.9 Å². The predicted octanol–water partition coefficient (Wildman–Crippen LogP) is 3.20. The van der Waals surface area contributed by atoms with E-state index in [2.05, 4.69) is 16.4 Å². The van der Waals surface area contributed by atoms with Crippen LogP contribution in [0.15, 0.2) is 42.5 Å². The van der Waals surface area contributed by atoms with Gasteiger partial charge in [0.2, 0.25) is 0 Å². The van der Waals surface area contributed by atoms with E-state index in [9.17, 15) is 4.79 Å². The van der Waals surface area contributed by atoms with Crippen molar-refractivity contribution in [2.24, 2.45) is 0 Å². The highest BCUT2D eigenvalue weighted by molar-refractivity contribution is 6.02. The highest BCUT2D eigenvalue weighted by Crippen LogP contribution is 2.36. The van der Waals surface area contributed by atoms with Crippen LogP contribution in [0.5, 0.6) is 5.75 Å². The molecule has 1 saturated heterocycles. The van der Waals surface area contributed by atoms with Crippen molar-refractivity contribution in [2.75, 3.05) is 25.9 Å². The summed E-state index contributed by atoms with van der Waals surface area (Å²) in [5.41, 5.74) is 9.73. The summed E-state index contributed by atoms with van der Waals surface area (Å²) in [7, 11) is 1.65. The summed E-state index contributed by atoms with van der Waals surface area (Å²) in [5.74, 6) is 1.35. The van der Waals surface area contributed by atoms with E-state index in [1.807, 2.05) is 41.3 Å². The number of amides is 1. The highest BCUT2D eigenvalue weighted by atomic mass is 16.5. The predicted molar refractivity (Wildman–Crippen MR) is 114 cm³/mol. The number of hydrogen-bond donors (Lipinski definition) is 2. The van der Waals surface area contributed by atoms with Gasteiger partial charge in [0.15, 0.2) is 0 Å². The van der Waals surface area contributed by atoms with Gasteiger partial charge in [-0.25, -0.2) is 4.98 Å². The molecule has 3 heterocycles. The molecule has 0 aliphatic carbocycles. The summed E-state index contributed by atoms with van der Waals surface area (Å²) in [5, 5.41) is 5.32. The third-order valence-electron chi connectivity index (χ3n) is 6.00. The SMILES string of the molecule is COc1cccc2c(-c3ccc4c(c3)CN(C3CCCNC3)C4=O)nc(N)cc12. The zero-order chi connectivity index (χ0) is 20.0. The third kappa shape index (κ3) is 3.00. The standard InChI is InChI=1S/C23H24N4O2/c1-29-20-6-2-5-18-19(20)11-21(24)26-22(18)14-7-8-17-15(10-14)13-27(23(17)28)16-4-3-9-25-12-16/h2,5-8,10-11,16,25H,3-4,9,12-13H2,1H3,(H2,24,26). The summed E-state index contributed by atoms with van der Waals surface area (Å²) in [4.78, 5) is 19.6. The molecule has 2 aliphatic rings. The lowest BCUT2D eigenvalue weighted by Crippen LogP contribution is -2.46. The van der Waals surface area contributed by atoms with Crippen molar-refractivity contribution in [3.63, 3.8) is 0 Å². The first-order valence-corrected chi connectivity index (χ1v) is 10.0. The molecule has 3 aromatic rings. The van der Waals surface area contributed by atoms with Gasteiger partial charge < -0.3 is 20.7 Å². The lowest BCUT2D eigenvalue weighted by atomic mass is 9.99. The number of nitrogens with two attached hydrogens (primary N) is 1. The minimum atomic E-state index is 0.132. The molecule has 5 rings (SSSR count). The molecule has 1 amide bonds. The monoisotopic (exact) mass is 388 g/mol. The number of ether oxygens (including phenoxy) is 1. The van der Waals surface area contributed by atoms with Crippen molar-refractivity contribution < 1.29 is 9.53 Å². The number of methoxy groups -OCH3 is 1. The van der Waals surface area contributed by atoms with Crippen LogP contribution in [0.4, 0.5) is 5.82 Å². The first kappa shape index (κ1) is 17.9. The van der Waals surface area contributed by atoms with Gasteiger partial charge in [-0.15, -0.1) is 0 Å². The van der Waals surface area contributed by atoms with Crippen LogP contribution in [0.3, 0.4) is 0 Å². The maximum atomic E-state index is 12.9. The van der Waals surface area contributed by atoms with E-state index < -0.39 is 0 Å². The summed E-state index contributed by atoms with van der Waals surface area (Å²) >= 11 is 0. The number of carbonyl (C=O) groups excluding carboxylic acids is 1. The second-order valence-electron chi connectivity index (χ2n) is 7.76. The minimum Gasteiger partial charge on any atom is -0.496 e. The number of nitrogen functional groups attached to an aromatic ring is 1. The van der Waals surface area contributed by atoms with Crippen molar-refractivity contribution in [3.8, 4) is 17.0 Å². The summed E-state index contributed by atoms with van der Waals surface area (Å²) in [6, 6.07) is 14.0. The number of fused-ring (bicyclic) bond motifs is 2. The maximum Gasteiger partial charge on any atom is 0.254 e. The van der Waals surface area contributed by atoms with Crippen molar-refractivity contribution >= 4 is 22.5 Å². The molecule has 1 atom stereocenters. The lowest BCUT2D eigenvalue weighted by Gasteiger charge is -2.31. The normalized spacial score (nSPS) is 18.9. The Hall–Kier alpha value is -3.12. The van der Waals surface area contributed by atoms with Crippen molar-refractivity contribution in [3.05, 3.63) is 53.6 Å². The minimum absolute atomic E-state index is 0.132. The van der Waals surface area contributed by atoms with Crippen LogP contribution < -0.4 is 15.8 Å². The fourth-order valence-corrected chi connectivity index (χ4v) is 4.55. The largest absolute Gasteiger partial charge is 0.496 e. The molecule has 1 fully saturated rings. The molecule has 0 saturated carbocycles. The average Bonchev–Trinajstić information content (AvgIpc) is 3.09. The molecular formula is C23H24N4O2. The molecule has 0 bridgehead atoms. The van der Waals surface area contributed by atoms with Gasteiger partial charge in [0.05, 0.1) is 12.8 Å². The van der Waals surface area contributed by atoms with Gasteiger partial charge in [-0.1, -0.05) is 18.2 Å². The van der Waals surface area contributed by atoms with Gasteiger partial charge in [-0.3, -0.25) is 4.79 Å². The number of benzene rings is 2. The van der Waals surface area contributed by atoms with Gasteiger partial charge in [0.25, 0.3) is 5.91 Å². The number of nitrogens with zero attached hydrogens (tertiary/aromatic N) is 2. The van der Waals surface area contributed by atoms with Crippen molar-refractivity contribution in [2.45, 2.75) is 25.4 Å². The number of rotatable bonds is 3. The van der Waals surface area contributed by atoms with Crippen LogP contribution in [0.1, 0.15) is 28.8 Å². The van der Waals surface area contributed by atoms with Crippen LogP contribution >= 0.6 is 0 Å². The number of hydrogen-bond acceptors (Lipinski definition) is 5. The molecule has 3 N–H and O–H groups in total. The van der Waals surface area contributed by atoms with E-state index in [1.165, 1.54) is 0 Å². The fourth-order valence-electron chi connectivity index (χ4n) is 4.55. The number of nitrogens with one attached hydrogen (secondary N) is 1. The maximum absolute atomic E-state index is 12.9. The summed E-state index contributed by atoms with van der Waals surface area (Å²) in [6.07, 6.45) is 2.16. The van der Waals surface area contributed by atoms with E-state index in [0.717, 1.165) is 64.8 Å².